The van der Waals surface area contributed by atoms with Gasteiger partial charge in [0.15, 0.2) is 17.9 Å². The molecule has 0 spiro atoms. The normalized spacial score (nSPS) is 34.7. The standard InChI is InChI=1S/C10H14FN3O5/c1-10(3-15)6(17)5(16)8(19-10)14-2-4(11)7(12)13-9(14)18/h2,5-6,8,15-17H,3H2,1H3,(H2,12,13,18). The predicted molar refractivity (Wildman–Crippen MR) is 60.5 cm³/mol. The topological polar surface area (TPSA) is 131 Å². The lowest BCUT2D eigenvalue weighted by Crippen LogP contribution is -2.43. The number of aliphatic hydroxyl groups is 3. The van der Waals surface area contributed by atoms with Gasteiger partial charge in [-0.2, -0.15) is 4.98 Å². The third-order valence-electron chi connectivity index (χ3n) is 3.15. The Bertz CT molecular complexity index is 550. The third kappa shape index (κ3) is 2.10. The summed E-state index contributed by atoms with van der Waals surface area (Å²) in [6.45, 7) is 0.772. The van der Waals surface area contributed by atoms with Crippen LogP contribution in [0.5, 0.6) is 0 Å². The summed E-state index contributed by atoms with van der Waals surface area (Å²) in [4.78, 5) is 14.8. The molecule has 1 aromatic rings. The van der Waals surface area contributed by atoms with Gasteiger partial charge >= 0.3 is 5.69 Å². The highest BCUT2D eigenvalue weighted by Gasteiger charge is 2.52. The molecule has 0 bridgehead atoms. The Labute approximate surface area is 106 Å². The molecule has 5 N–H and O–H groups in total. The first kappa shape index (κ1) is 13.9. The molecule has 4 unspecified atom stereocenters. The molecule has 1 aromatic heterocycles. The zero-order valence-corrected chi connectivity index (χ0v) is 10.0. The highest BCUT2D eigenvalue weighted by Crippen LogP contribution is 2.36. The second-order valence-electron chi connectivity index (χ2n) is 4.58. The Balaban J connectivity index is 2.44. The van der Waals surface area contributed by atoms with Crippen molar-refractivity contribution in [3.8, 4) is 0 Å². The van der Waals surface area contributed by atoms with Crippen LogP contribution in [0.15, 0.2) is 11.0 Å². The van der Waals surface area contributed by atoms with Crippen LogP contribution in [0.25, 0.3) is 0 Å². The van der Waals surface area contributed by atoms with E-state index < -0.39 is 48.0 Å². The number of aliphatic hydroxyl groups excluding tert-OH is 3. The Morgan fingerprint density at radius 3 is 2.79 bits per heavy atom. The van der Waals surface area contributed by atoms with E-state index in [1.54, 1.807) is 0 Å². The molecule has 2 heterocycles. The van der Waals surface area contributed by atoms with Gasteiger partial charge in [0.25, 0.3) is 0 Å². The molecule has 0 aliphatic carbocycles. The van der Waals surface area contributed by atoms with Crippen molar-refractivity contribution in [2.45, 2.75) is 31.0 Å². The van der Waals surface area contributed by atoms with Crippen molar-refractivity contribution in [3.05, 3.63) is 22.5 Å². The molecule has 1 aliphatic heterocycles. The Morgan fingerprint density at radius 2 is 2.26 bits per heavy atom. The summed E-state index contributed by atoms with van der Waals surface area (Å²) in [5, 5.41) is 28.8. The lowest BCUT2D eigenvalue weighted by atomic mass is 9.99. The highest BCUT2D eigenvalue weighted by molar-refractivity contribution is 5.26. The molecule has 9 heteroatoms. The number of ether oxygens (including phenoxy) is 1. The average Bonchev–Trinajstić information content (AvgIpc) is 2.59. The molecule has 8 nitrogen and oxygen atoms in total. The molecular weight excluding hydrogens is 261 g/mol. The molecule has 0 radical (unpaired) electrons. The molecule has 0 amide bonds. The first-order chi connectivity index (χ1) is 8.80. The van der Waals surface area contributed by atoms with E-state index in [0.29, 0.717) is 4.57 Å². The number of hydrogen-bond acceptors (Lipinski definition) is 7. The Kier molecular flexibility index (Phi) is 3.31. The Hall–Kier alpha value is -1.55. The zero-order valence-electron chi connectivity index (χ0n) is 10.0. The van der Waals surface area contributed by atoms with Crippen molar-refractivity contribution in [3.63, 3.8) is 0 Å². The summed E-state index contributed by atoms with van der Waals surface area (Å²) in [5.41, 5.74) is 2.75. The van der Waals surface area contributed by atoms with Gasteiger partial charge in [-0.25, -0.2) is 9.18 Å². The number of nitrogens with two attached hydrogens (primary N) is 1. The van der Waals surface area contributed by atoms with E-state index in [-0.39, 0.29) is 0 Å². The van der Waals surface area contributed by atoms with Gasteiger partial charge in [-0.3, -0.25) is 4.57 Å². The Morgan fingerprint density at radius 1 is 1.63 bits per heavy atom. The number of rotatable bonds is 2. The fourth-order valence-electron chi connectivity index (χ4n) is 1.92. The van der Waals surface area contributed by atoms with Crippen LogP contribution in [0.4, 0.5) is 10.2 Å². The van der Waals surface area contributed by atoms with Gasteiger partial charge in [-0.1, -0.05) is 0 Å². The van der Waals surface area contributed by atoms with Crippen LogP contribution in [0.1, 0.15) is 13.2 Å². The van der Waals surface area contributed by atoms with E-state index in [4.69, 9.17) is 15.6 Å². The minimum absolute atomic E-state index is 0.570. The van der Waals surface area contributed by atoms with Crippen LogP contribution in [-0.2, 0) is 4.74 Å². The number of hydrogen-bond donors (Lipinski definition) is 4. The molecular formula is C10H14FN3O5. The van der Waals surface area contributed by atoms with Gasteiger partial charge in [0.1, 0.15) is 17.8 Å². The van der Waals surface area contributed by atoms with E-state index in [1.165, 1.54) is 6.92 Å². The SMILES string of the molecule is CC1(CO)OC(n2cc(F)c(N)nc2=O)C(O)C1O. The summed E-state index contributed by atoms with van der Waals surface area (Å²) in [6, 6.07) is 0. The van der Waals surface area contributed by atoms with Crippen molar-refractivity contribution in [2.24, 2.45) is 0 Å². The van der Waals surface area contributed by atoms with E-state index in [2.05, 4.69) is 4.98 Å². The summed E-state index contributed by atoms with van der Waals surface area (Å²) >= 11 is 0. The number of nitrogen functional groups attached to an aromatic ring is 1. The van der Waals surface area contributed by atoms with Crippen molar-refractivity contribution < 1.29 is 24.4 Å². The summed E-state index contributed by atoms with van der Waals surface area (Å²) < 4.78 is 19.2. The molecule has 0 saturated carbocycles. The first-order valence-electron chi connectivity index (χ1n) is 5.49. The molecule has 1 fully saturated rings. The van der Waals surface area contributed by atoms with Gasteiger partial charge in [0.05, 0.1) is 12.8 Å². The van der Waals surface area contributed by atoms with Crippen molar-refractivity contribution in [1.29, 1.82) is 0 Å². The van der Waals surface area contributed by atoms with Crippen LogP contribution < -0.4 is 11.4 Å². The van der Waals surface area contributed by atoms with Crippen LogP contribution in [0.2, 0.25) is 0 Å². The maximum absolute atomic E-state index is 13.3. The van der Waals surface area contributed by atoms with Gasteiger partial charge < -0.3 is 25.8 Å². The maximum Gasteiger partial charge on any atom is 0.351 e. The second kappa shape index (κ2) is 4.53. The summed E-state index contributed by atoms with van der Waals surface area (Å²) in [5.74, 6) is -1.53. The van der Waals surface area contributed by atoms with Crippen LogP contribution in [0.3, 0.4) is 0 Å². The van der Waals surface area contributed by atoms with Gasteiger partial charge in [0, 0.05) is 0 Å². The highest BCUT2D eigenvalue weighted by atomic mass is 19.1. The lowest BCUT2D eigenvalue weighted by molar-refractivity contribution is -0.118. The van der Waals surface area contributed by atoms with E-state index in [9.17, 15) is 19.4 Å². The summed E-state index contributed by atoms with van der Waals surface area (Å²) in [7, 11) is 0. The van der Waals surface area contributed by atoms with Gasteiger partial charge in [-0.15, -0.1) is 0 Å². The van der Waals surface area contributed by atoms with Crippen molar-refractivity contribution >= 4 is 5.82 Å². The molecule has 0 aromatic carbocycles. The molecule has 4 atom stereocenters. The van der Waals surface area contributed by atoms with E-state index in [1.807, 2.05) is 0 Å². The van der Waals surface area contributed by atoms with Gasteiger partial charge in [-0.05, 0) is 6.92 Å². The predicted octanol–water partition coefficient (Wildman–Crippen LogP) is -2.03. The average molecular weight is 275 g/mol. The fraction of sp³-hybridized carbons (Fsp3) is 0.600. The van der Waals surface area contributed by atoms with Crippen LogP contribution in [0, 0.1) is 5.82 Å². The van der Waals surface area contributed by atoms with Crippen molar-refractivity contribution in [2.75, 3.05) is 12.3 Å². The molecule has 1 aliphatic rings. The molecule has 106 valence electrons. The number of anilines is 1. The summed E-state index contributed by atoms with van der Waals surface area (Å²) in [6.07, 6.45) is -3.58. The van der Waals surface area contributed by atoms with Gasteiger partial charge in [0.2, 0.25) is 0 Å². The molecule has 19 heavy (non-hydrogen) atoms. The zero-order chi connectivity index (χ0) is 14.4. The smallest absolute Gasteiger partial charge is 0.351 e. The van der Waals surface area contributed by atoms with Crippen LogP contribution in [-0.4, -0.2) is 49.3 Å². The monoisotopic (exact) mass is 275 g/mol. The van der Waals surface area contributed by atoms with E-state index >= 15 is 0 Å². The largest absolute Gasteiger partial charge is 0.393 e. The second-order valence-corrected chi connectivity index (χ2v) is 4.58. The maximum atomic E-state index is 13.3. The fourth-order valence-corrected chi connectivity index (χ4v) is 1.92. The number of aromatic nitrogens is 2. The number of nitrogens with zero attached hydrogens (tertiary/aromatic N) is 2. The molecule has 1 saturated heterocycles. The first-order valence-corrected chi connectivity index (χ1v) is 5.49. The van der Waals surface area contributed by atoms with Crippen molar-refractivity contribution in [1.82, 2.24) is 9.55 Å². The minimum atomic E-state index is -1.51. The quantitative estimate of drug-likeness (QED) is 0.489. The minimum Gasteiger partial charge on any atom is -0.393 e. The van der Waals surface area contributed by atoms with Crippen LogP contribution >= 0.6 is 0 Å². The lowest BCUT2D eigenvalue weighted by Gasteiger charge is -2.24. The third-order valence-corrected chi connectivity index (χ3v) is 3.15. The number of halogens is 1. The van der Waals surface area contributed by atoms with E-state index in [0.717, 1.165) is 6.20 Å². The molecule has 2 rings (SSSR count).